The van der Waals surface area contributed by atoms with Crippen molar-refractivity contribution in [2.75, 3.05) is 20.6 Å². The van der Waals surface area contributed by atoms with Crippen LogP contribution in [0.1, 0.15) is 41.6 Å². The highest BCUT2D eigenvalue weighted by atomic mass is 16.5. The highest BCUT2D eigenvalue weighted by molar-refractivity contribution is 5.94. The number of benzene rings is 1. The van der Waals surface area contributed by atoms with Gasteiger partial charge in [-0.05, 0) is 50.9 Å². The van der Waals surface area contributed by atoms with Gasteiger partial charge in [0, 0.05) is 49.7 Å². The molecule has 1 amide bonds. The van der Waals surface area contributed by atoms with Crippen molar-refractivity contribution in [1.82, 2.24) is 14.8 Å². The van der Waals surface area contributed by atoms with Crippen molar-refractivity contribution in [2.24, 2.45) is 0 Å². The summed E-state index contributed by atoms with van der Waals surface area (Å²) < 4.78 is 6.58. The summed E-state index contributed by atoms with van der Waals surface area (Å²) in [7, 11) is 4.08. The summed E-state index contributed by atoms with van der Waals surface area (Å²) in [6.07, 6.45) is 7.19. The number of aromatic nitrogens is 1. The predicted octanol–water partition coefficient (Wildman–Crippen LogP) is 3.36. The number of carbonyl (C=O) groups is 1. The minimum atomic E-state index is -0.154. The van der Waals surface area contributed by atoms with Gasteiger partial charge in [-0.1, -0.05) is 18.2 Å². The van der Waals surface area contributed by atoms with Gasteiger partial charge in [0.05, 0.1) is 0 Å². The first kappa shape index (κ1) is 18.0. The van der Waals surface area contributed by atoms with Crippen molar-refractivity contribution in [3.05, 3.63) is 59.9 Å². The molecule has 1 aromatic heterocycles. The Morgan fingerprint density at radius 2 is 1.89 bits per heavy atom. The summed E-state index contributed by atoms with van der Waals surface area (Å²) >= 11 is 0. The SMILES string of the molecule is CN1Cc2ccccc2OC2(CCC(N(C)C(=O)c3ccncc3)CC2)C1. The Hall–Kier alpha value is -2.40. The van der Waals surface area contributed by atoms with E-state index in [9.17, 15) is 4.79 Å². The summed E-state index contributed by atoms with van der Waals surface area (Å²) in [5.74, 6) is 1.09. The molecule has 0 N–H and O–H groups in total. The highest BCUT2D eigenvalue weighted by Gasteiger charge is 2.41. The number of fused-ring (bicyclic) bond motifs is 1. The first-order valence-corrected chi connectivity index (χ1v) is 9.69. The molecule has 5 heteroatoms. The lowest BCUT2D eigenvalue weighted by atomic mass is 9.81. The Bertz CT molecular complexity index is 800. The van der Waals surface area contributed by atoms with Gasteiger partial charge >= 0.3 is 0 Å². The molecule has 142 valence electrons. The number of nitrogens with zero attached hydrogens (tertiary/aromatic N) is 3. The lowest BCUT2D eigenvalue weighted by Crippen LogP contribution is -2.51. The Labute approximate surface area is 161 Å². The summed E-state index contributed by atoms with van der Waals surface area (Å²) in [6.45, 7) is 1.85. The van der Waals surface area contributed by atoms with E-state index in [0.29, 0.717) is 5.56 Å². The Morgan fingerprint density at radius 3 is 2.63 bits per heavy atom. The molecule has 1 saturated carbocycles. The van der Waals surface area contributed by atoms with E-state index in [-0.39, 0.29) is 17.6 Å². The molecule has 0 saturated heterocycles. The third kappa shape index (κ3) is 3.69. The molecule has 5 nitrogen and oxygen atoms in total. The van der Waals surface area contributed by atoms with Crippen LogP contribution in [0, 0.1) is 0 Å². The van der Waals surface area contributed by atoms with Gasteiger partial charge in [-0.25, -0.2) is 0 Å². The molecule has 0 radical (unpaired) electrons. The van der Waals surface area contributed by atoms with Crippen LogP contribution in [-0.4, -0.2) is 53.0 Å². The predicted molar refractivity (Wildman–Crippen MR) is 105 cm³/mol. The lowest BCUT2D eigenvalue weighted by Gasteiger charge is -2.43. The zero-order valence-electron chi connectivity index (χ0n) is 16.1. The smallest absolute Gasteiger partial charge is 0.253 e. The summed E-state index contributed by atoms with van der Waals surface area (Å²) in [5, 5.41) is 0. The molecule has 4 rings (SSSR count). The standard InChI is InChI=1S/C22H27N3O2/c1-24-15-18-5-3-4-6-20(18)27-22(16-24)11-7-19(8-12-22)25(2)21(26)17-9-13-23-14-10-17/h3-6,9-10,13-14,19H,7-8,11-12,15-16H2,1-2H3. The van der Waals surface area contributed by atoms with Crippen LogP contribution in [-0.2, 0) is 6.54 Å². The molecular formula is C22H27N3O2. The zero-order valence-corrected chi connectivity index (χ0v) is 16.1. The number of para-hydroxylation sites is 1. The van der Waals surface area contributed by atoms with E-state index in [2.05, 4.69) is 35.1 Å². The number of hydrogen-bond donors (Lipinski definition) is 0. The van der Waals surface area contributed by atoms with Crippen molar-refractivity contribution >= 4 is 5.91 Å². The van der Waals surface area contributed by atoms with Gasteiger partial charge in [0.25, 0.3) is 5.91 Å². The average molecular weight is 365 g/mol. The molecule has 1 aliphatic carbocycles. The van der Waals surface area contributed by atoms with Crippen LogP contribution in [0.3, 0.4) is 0 Å². The quantitative estimate of drug-likeness (QED) is 0.819. The molecule has 2 aromatic rings. The van der Waals surface area contributed by atoms with Gasteiger partial charge in [-0.2, -0.15) is 0 Å². The number of carbonyl (C=O) groups excluding carboxylic acids is 1. The summed E-state index contributed by atoms with van der Waals surface area (Å²) in [5.41, 5.74) is 1.80. The van der Waals surface area contributed by atoms with Crippen LogP contribution in [0.25, 0.3) is 0 Å². The highest BCUT2D eigenvalue weighted by Crippen LogP contribution is 2.39. The van der Waals surface area contributed by atoms with Gasteiger partial charge in [-0.3, -0.25) is 14.7 Å². The number of hydrogen-bond acceptors (Lipinski definition) is 4. The molecule has 2 heterocycles. The van der Waals surface area contributed by atoms with Crippen LogP contribution >= 0.6 is 0 Å². The van der Waals surface area contributed by atoms with E-state index < -0.39 is 0 Å². The normalized spacial score (nSPS) is 25.3. The molecular weight excluding hydrogens is 338 g/mol. The Kier molecular flexibility index (Phi) is 4.87. The van der Waals surface area contributed by atoms with Crippen molar-refractivity contribution in [3.8, 4) is 5.75 Å². The molecule has 0 unspecified atom stereocenters. The molecule has 1 aliphatic heterocycles. The fourth-order valence-electron chi connectivity index (χ4n) is 4.48. The third-order valence-electron chi connectivity index (χ3n) is 5.96. The van der Waals surface area contributed by atoms with Crippen molar-refractivity contribution < 1.29 is 9.53 Å². The molecule has 0 atom stereocenters. The maximum absolute atomic E-state index is 12.7. The van der Waals surface area contributed by atoms with E-state index in [1.807, 2.05) is 18.0 Å². The molecule has 0 bridgehead atoms. The van der Waals surface area contributed by atoms with Crippen LogP contribution in [0.15, 0.2) is 48.8 Å². The number of likely N-dealkylation sites (N-methyl/N-ethyl adjacent to an activating group) is 1. The van der Waals surface area contributed by atoms with E-state index >= 15 is 0 Å². The molecule has 1 spiro atoms. The minimum Gasteiger partial charge on any atom is -0.486 e. The number of ether oxygens (including phenoxy) is 1. The Morgan fingerprint density at radius 1 is 1.19 bits per heavy atom. The second-order valence-corrected chi connectivity index (χ2v) is 7.95. The number of amides is 1. The van der Waals surface area contributed by atoms with Crippen LogP contribution < -0.4 is 4.74 Å². The summed E-state index contributed by atoms with van der Waals surface area (Å²) in [6, 6.07) is 12.2. The maximum atomic E-state index is 12.7. The van der Waals surface area contributed by atoms with Crippen molar-refractivity contribution in [3.63, 3.8) is 0 Å². The third-order valence-corrected chi connectivity index (χ3v) is 5.96. The van der Waals surface area contributed by atoms with E-state index in [4.69, 9.17) is 4.74 Å². The van der Waals surface area contributed by atoms with Crippen LogP contribution in [0.4, 0.5) is 0 Å². The Balaban J connectivity index is 1.46. The van der Waals surface area contributed by atoms with Gasteiger partial charge < -0.3 is 9.64 Å². The average Bonchev–Trinajstić information content (AvgIpc) is 2.83. The minimum absolute atomic E-state index is 0.0719. The summed E-state index contributed by atoms with van der Waals surface area (Å²) in [4.78, 5) is 21.0. The van der Waals surface area contributed by atoms with E-state index in [0.717, 1.165) is 44.5 Å². The molecule has 1 aromatic carbocycles. The van der Waals surface area contributed by atoms with E-state index in [1.54, 1.807) is 24.5 Å². The second kappa shape index (κ2) is 7.31. The van der Waals surface area contributed by atoms with E-state index in [1.165, 1.54) is 5.56 Å². The van der Waals surface area contributed by atoms with Crippen LogP contribution in [0.5, 0.6) is 5.75 Å². The molecule has 1 fully saturated rings. The fraction of sp³-hybridized carbons (Fsp3) is 0.455. The number of rotatable bonds is 2. The lowest BCUT2D eigenvalue weighted by molar-refractivity contribution is -0.00842. The van der Waals surface area contributed by atoms with Gasteiger partial charge in [0.1, 0.15) is 11.4 Å². The number of pyridine rings is 1. The van der Waals surface area contributed by atoms with Gasteiger partial charge in [0.2, 0.25) is 0 Å². The largest absolute Gasteiger partial charge is 0.486 e. The van der Waals surface area contributed by atoms with Crippen LogP contribution in [0.2, 0.25) is 0 Å². The molecule has 2 aliphatic rings. The topological polar surface area (TPSA) is 45.7 Å². The monoisotopic (exact) mass is 365 g/mol. The van der Waals surface area contributed by atoms with Gasteiger partial charge in [-0.15, -0.1) is 0 Å². The first-order valence-electron chi connectivity index (χ1n) is 9.69. The fourth-order valence-corrected chi connectivity index (χ4v) is 4.48. The molecule has 27 heavy (non-hydrogen) atoms. The first-order chi connectivity index (χ1) is 13.1. The zero-order chi connectivity index (χ0) is 18.9. The van der Waals surface area contributed by atoms with Crippen molar-refractivity contribution in [2.45, 2.75) is 43.9 Å². The maximum Gasteiger partial charge on any atom is 0.253 e. The van der Waals surface area contributed by atoms with Crippen molar-refractivity contribution in [1.29, 1.82) is 0 Å². The second-order valence-electron chi connectivity index (χ2n) is 7.95. The van der Waals surface area contributed by atoms with Gasteiger partial charge in [0.15, 0.2) is 0 Å².